The summed E-state index contributed by atoms with van der Waals surface area (Å²) in [5.74, 6) is 0.0694. The molecule has 0 aromatic carbocycles. The van der Waals surface area contributed by atoms with Crippen molar-refractivity contribution in [3.63, 3.8) is 0 Å². The van der Waals surface area contributed by atoms with E-state index in [9.17, 15) is 13.9 Å². The van der Waals surface area contributed by atoms with Crippen molar-refractivity contribution >= 4 is 21.5 Å². The topological polar surface area (TPSA) is 183 Å². The number of ether oxygens (including phenoxy) is 1. The quantitative estimate of drug-likeness (QED) is 0.483. The Hall–Kier alpha value is -1.10. The molecule has 1 aliphatic rings. The van der Waals surface area contributed by atoms with Crippen molar-refractivity contribution in [2.45, 2.75) is 25.2 Å². The van der Waals surface area contributed by atoms with E-state index in [1.807, 2.05) is 0 Å². The number of hydrogen-bond acceptors (Lipinski definition) is 8. The lowest BCUT2D eigenvalue weighted by molar-refractivity contribution is -0.0242. The first-order valence-electron chi connectivity index (χ1n) is 6.30. The van der Waals surface area contributed by atoms with Crippen molar-refractivity contribution in [2.24, 2.45) is 0 Å². The fraction of sp³-hybridized carbons (Fsp3) is 0.556. The summed E-state index contributed by atoms with van der Waals surface area (Å²) in [4.78, 5) is 41.3. The molecule has 1 fully saturated rings. The molecule has 0 saturated carbocycles. The number of phosphoric acid groups is 2. The largest absolute Gasteiger partial charge is 0.481 e. The van der Waals surface area contributed by atoms with Gasteiger partial charge in [-0.05, 0) is 18.9 Å². The Labute approximate surface area is 129 Å². The Morgan fingerprint density at radius 3 is 2.70 bits per heavy atom. The lowest BCUT2D eigenvalue weighted by atomic mass is 10.2. The fourth-order valence-corrected chi connectivity index (χ4v) is 3.61. The summed E-state index contributed by atoms with van der Waals surface area (Å²) >= 11 is 0. The molecule has 2 rings (SSSR count). The Morgan fingerprint density at radius 2 is 2.09 bits per heavy atom. The summed E-state index contributed by atoms with van der Waals surface area (Å²) in [5.41, 5.74) is 4.78. The smallest absolute Gasteiger partial charge is 0.383 e. The van der Waals surface area contributed by atoms with Gasteiger partial charge in [0, 0.05) is 6.20 Å². The molecule has 0 spiro atoms. The third-order valence-corrected chi connectivity index (χ3v) is 5.03. The number of nitrogen functional groups attached to an aromatic ring is 1. The van der Waals surface area contributed by atoms with E-state index >= 15 is 0 Å². The lowest BCUT2D eigenvalue weighted by Gasteiger charge is -2.17. The minimum Gasteiger partial charge on any atom is -0.383 e. The Bertz CT molecular complexity index is 716. The number of nitrogens with two attached hydrogens (primary N) is 1. The van der Waals surface area contributed by atoms with Crippen LogP contribution in [0.1, 0.15) is 19.1 Å². The number of phosphoric ester groups is 1. The van der Waals surface area contributed by atoms with Gasteiger partial charge in [-0.2, -0.15) is 9.29 Å². The fourth-order valence-electron chi connectivity index (χ4n) is 1.99. The van der Waals surface area contributed by atoms with Gasteiger partial charge in [0.1, 0.15) is 12.0 Å². The first kappa shape index (κ1) is 18.2. The number of aromatic nitrogens is 2. The second-order valence-corrected chi connectivity index (χ2v) is 7.50. The van der Waals surface area contributed by atoms with Gasteiger partial charge in [0.05, 0.1) is 12.7 Å². The average molecular weight is 371 g/mol. The predicted molar refractivity (Wildman–Crippen MR) is 75.0 cm³/mol. The van der Waals surface area contributed by atoms with Crippen molar-refractivity contribution in [1.82, 2.24) is 9.55 Å². The van der Waals surface area contributed by atoms with Gasteiger partial charge in [0.25, 0.3) is 0 Å². The molecule has 23 heavy (non-hydrogen) atoms. The lowest BCUT2D eigenvalue weighted by Crippen LogP contribution is -2.27. The summed E-state index contributed by atoms with van der Waals surface area (Å²) < 4.78 is 36.6. The van der Waals surface area contributed by atoms with E-state index in [4.69, 9.17) is 25.2 Å². The van der Waals surface area contributed by atoms with Gasteiger partial charge in [0.2, 0.25) is 0 Å². The van der Waals surface area contributed by atoms with Crippen LogP contribution in [-0.2, 0) is 22.7 Å². The number of hydrogen-bond donors (Lipinski definition) is 4. The van der Waals surface area contributed by atoms with Crippen LogP contribution >= 0.6 is 15.6 Å². The number of rotatable bonds is 6. The standard InChI is InChI=1S/C9H15N3O9P2/c10-7-3-4-12(9(13)11-7)8-2-1-6(20-8)5-19-23(17,18)21-22(14,15)16/h3-4,6,8H,1-2,5H2,(H,17,18)(H2,10,11,13)(H2,14,15,16)/t6-,8+/m1/s1. The summed E-state index contributed by atoms with van der Waals surface area (Å²) in [6, 6.07) is 1.42. The first-order valence-corrected chi connectivity index (χ1v) is 9.33. The van der Waals surface area contributed by atoms with Crippen LogP contribution in [0.2, 0.25) is 0 Å². The van der Waals surface area contributed by atoms with E-state index in [0.29, 0.717) is 12.8 Å². The zero-order valence-electron chi connectivity index (χ0n) is 11.6. The van der Waals surface area contributed by atoms with Crippen LogP contribution in [0.3, 0.4) is 0 Å². The highest BCUT2D eigenvalue weighted by Crippen LogP contribution is 2.57. The molecule has 5 N–H and O–H groups in total. The molecule has 1 unspecified atom stereocenters. The van der Waals surface area contributed by atoms with Crippen LogP contribution in [0.15, 0.2) is 17.1 Å². The van der Waals surface area contributed by atoms with Crippen LogP contribution in [0.4, 0.5) is 5.82 Å². The summed E-state index contributed by atoms with van der Waals surface area (Å²) in [5, 5.41) is 0. The molecular formula is C9H15N3O9P2. The van der Waals surface area contributed by atoms with Gasteiger partial charge in [0.15, 0.2) is 0 Å². The van der Waals surface area contributed by atoms with Gasteiger partial charge < -0.3 is 25.2 Å². The van der Waals surface area contributed by atoms with Crippen LogP contribution in [-0.4, -0.2) is 36.9 Å². The zero-order valence-corrected chi connectivity index (χ0v) is 13.4. The van der Waals surface area contributed by atoms with Crippen LogP contribution < -0.4 is 11.4 Å². The van der Waals surface area contributed by atoms with E-state index in [-0.39, 0.29) is 5.82 Å². The highest BCUT2D eigenvalue weighted by atomic mass is 31.3. The highest BCUT2D eigenvalue weighted by molar-refractivity contribution is 7.60. The van der Waals surface area contributed by atoms with E-state index < -0.39 is 40.3 Å². The minimum absolute atomic E-state index is 0.0694. The molecule has 1 aromatic heterocycles. The molecule has 130 valence electrons. The maximum absolute atomic E-state index is 11.7. The Kier molecular flexibility index (Phi) is 5.39. The molecule has 1 aliphatic heterocycles. The monoisotopic (exact) mass is 371 g/mol. The third kappa shape index (κ3) is 5.48. The van der Waals surface area contributed by atoms with Crippen molar-refractivity contribution in [1.29, 1.82) is 0 Å². The molecule has 1 saturated heterocycles. The average Bonchev–Trinajstić information content (AvgIpc) is 2.82. The number of anilines is 1. The Balaban J connectivity index is 1.92. The summed E-state index contributed by atoms with van der Waals surface area (Å²) in [7, 11) is -10.1. The maximum atomic E-state index is 11.7. The molecule has 14 heteroatoms. The highest BCUT2D eigenvalue weighted by Gasteiger charge is 2.35. The second kappa shape index (κ2) is 6.80. The summed E-state index contributed by atoms with van der Waals surface area (Å²) in [6.45, 7) is -0.443. The van der Waals surface area contributed by atoms with Crippen molar-refractivity contribution in [3.05, 3.63) is 22.7 Å². The van der Waals surface area contributed by atoms with Gasteiger partial charge in [-0.15, -0.1) is 0 Å². The SMILES string of the molecule is Nc1ccn([C@@H]2CC[C@H](COP(=O)(O)OP(=O)(O)O)O2)c(=O)n1. The molecule has 0 aliphatic carbocycles. The maximum Gasteiger partial charge on any atom is 0.481 e. The van der Waals surface area contributed by atoms with E-state index in [1.54, 1.807) is 0 Å². The van der Waals surface area contributed by atoms with Gasteiger partial charge in [-0.3, -0.25) is 9.09 Å². The molecule has 3 atom stereocenters. The molecule has 2 heterocycles. The predicted octanol–water partition coefficient (Wildman–Crippen LogP) is -0.271. The van der Waals surface area contributed by atoms with Gasteiger partial charge in [-0.1, -0.05) is 0 Å². The molecule has 0 bridgehead atoms. The molecule has 12 nitrogen and oxygen atoms in total. The normalized spacial score (nSPS) is 24.5. The number of nitrogens with zero attached hydrogens (tertiary/aromatic N) is 2. The summed E-state index contributed by atoms with van der Waals surface area (Å²) in [6.07, 6.45) is 0.897. The van der Waals surface area contributed by atoms with Crippen molar-refractivity contribution < 1.29 is 37.4 Å². The van der Waals surface area contributed by atoms with Crippen LogP contribution in [0, 0.1) is 0 Å². The van der Waals surface area contributed by atoms with E-state index in [2.05, 4.69) is 13.8 Å². The van der Waals surface area contributed by atoms with Crippen molar-refractivity contribution in [3.8, 4) is 0 Å². The van der Waals surface area contributed by atoms with Crippen LogP contribution in [0.25, 0.3) is 0 Å². The first-order chi connectivity index (χ1) is 10.6. The van der Waals surface area contributed by atoms with E-state index in [1.165, 1.54) is 16.8 Å². The molecule has 0 radical (unpaired) electrons. The molecule has 1 aromatic rings. The second-order valence-electron chi connectivity index (χ2n) is 4.67. The van der Waals surface area contributed by atoms with Crippen molar-refractivity contribution in [2.75, 3.05) is 12.3 Å². The van der Waals surface area contributed by atoms with Gasteiger partial charge in [-0.25, -0.2) is 13.9 Å². The Morgan fingerprint density at radius 1 is 1.39 bits per heavy atom. The van der Waals surface area contributed by atoms with E-state index in [0.717, 1.165) is 0 Å². The zero-order chi connectivity index (χ0) is 17.3. The van der Waals surface area contributed by atoms with Gasteiger partial charge >= 0.3 is 21.3 Å². The molecular weight excluding hydrogens is 356 g/mol. The third-order valence-electron chi connectivity index (χ3n) is 2.88. The van der Waals surface area contributed by atoms with Crippen LogP contribution in [0.5, 0.6) is 0 Å². The minimum atomic E-state index is -5.16. The molecule has 0 amide bonds.